The van der Waals surface area contributed by atoms with E-state index in [1.165, 1.54) is 18.6 Å². The van der Waals surface area contributed by atoms with Gasteiger partial charge in [-0.15, -0.1) is 5.10 Å². The summed E-state index contributed by atoms with van der Waals surface area (Å²) >= 11 is 0. The van der Waals surface area contributed by atoms with Crippen molar-refractivity contribution < 1.29 is 4.79 Å². The van der Waals surface area contributed by atoms with Crippen molar-refractivity contribution in [2.24, 2.45) is 0 Å². The number of imidazole rings is 1. The normalized spacial score (nSPS) is 10.9. The summed E-state index contributed by atoms with van der Waals surface area (Å²) in [6.07, 6.45) is 8.11. The molecule has 0 bridgehead atoms. The van der Waals surface area contributed by atoms with Crippen LogP contribution in [0.2, 0.25) is 0 Å². The monoisotopic (exact) mass is 373 g/mol. The Labute approximate surface area is 161 Å². The molecule has 1 N–H and O–H groups in total. The average molecular weight is 373 g/mol. The van der Waals surface area contributed by atoms with Gasteiger partial charge in [-0.05, 0) is 25.0 Å². The van der Waals surface area contributed by atoms with Crippen LogP contribution in [0, 0.1) is 0 Å². The minimum atomic E-state index is -0.302. The van der Waals surface area contributed by atoms with Gasteiger partial charge in [0.2, 0.25) is 0 Å². The smallest absolute Gasteiger partial charge is 0.275 e. The molecule has 3 aromatic heterocycles. The number of rotatable bonds is 5. The van der Waals surface area contributed by atoms with Gasteiger partial charge in [-0.1, -0.05) is 26.0 Å². The Kier molecular flexibility index (Phi) is 4.76. The Morgan fingerprint density at radius 3 is 2.57 bits per heavy atom. The maximum Gasteiger partial charge on any atom is 0.275 e. The van der Waals surface area contributed by atoms with E-state index >= 15 is 0 Å². The van der Waals surface area contributed by atoms with Crippen molar-refractivity contribution in [2.45, 2.75) is 26.7 Å². The van der Waals surface area contributed by atoms with Crippen molar-refractivity contribution >= 4 is 17.4 Å². The molecular weight excluding hydrogens is 354 g/mol. The highest BCUT2D eigenvalue weighted by Gasteiger charge is 2.12. The molecular formula is C20H19N7O. The van der Waals surface area contributed by atoms with Gasteiger partial charge in [0.25, 0.3) is 11.7 Å². The summed E-state index contributed by atoms with van der Waals surface area (Å²) in [5, 5.41) is 11.3. The number of nitrogens with zero attached hydrogens (tertiary/aromatic N) is 6. The Hall–Kier alpha value is -3.68. The molecule has 4 rings (SSSR count). The lowest BCUT2D eigenvalue weighted by Gasteiger charge is -2.05. The Bertz CT molecular complexity index is 1120. The van der Waals surface area contributed by atoms with Crippen LogP contribution in [0.15, 0.2) is 49.1 Å². The molecule has 0 unspecified atom stereocenters. The molecule has 0 aliphatic carbocycles. The highest BCUT2D eigenvalue weighted by Crippen LogP contribution is 2.22. The number of aryl methyl sites for hydroxylation is 2. The second-order valence-electron chi connectivity index (χ2n) is 6.22. The second-order valence-corrected chi connectivity index (χ2v) is 6.22. The van der Waals surface area contributed by atoms with Crippen molar-refractivity contribution in [2.75, 3.05) is 5.32 Å². The van der Waals surface area contributed by atoms with Crippen LogP contribution in [0.5, 0.6) is 0 Å². The molecule has 1 aromatic carbocycles. The first-order chi connectivity index (χ1) is 13.7. The minimum Gasteiger partial charge on any atom is -0.321 e. The molecule has 0 atom stereocenters. The number of aromatic nitrogens is 6. The third-order valence-electron chi connectivity index (χ3n) is 4.48. The zero-order valence-corrected chi connectivity index (χ0v) is 15.6. The molecule has 28 heavy (non-hydrogen) atoms. The van der Waals surface area contributed by atoms with Crippen molar-refractivity contribution in [3.63, 3.8) is 0 Å². The predicted octanol–water partition coefficient (Wildman–Crippen LogP) is 2.96. The van der Waals surface area contributed by atoms with Gasteiger partial charge in [-0.25, -0.2) is 9.97 Å². The van der Waals surface area contributed by atoms with Gasteiger partial charge in [-0.3, -0.25) is 14.2 Å². The van der Waals surface area contributed by atoms with Crippen LogP contribution in [0.3, 0.4) is 0 Å². The molecule has 4 aromatic rings. The number of benzene rings is 1. The van der Waals surface area contributed by atoms with Crippen LogP contribution >= 0.6 is 0 Å². The molecule has 0 aliphatic heterocycles. The van der Waals surface area contributed by atoms with Gasteiger partial charge < -0.3 is 5.32 Å². The third-order valence-corrected chi connectivity index (χ3v) is 4.48. The van der Waals surface area contributed by atoms with Crippen molar-refractivity contribution in [3.05, 3.63) is 66.1 Å². The zero-order valence-electron chi connectivity index (χ0n) is 15.6. The first kappa shape index (κ1) is 17.7. The van der Waals surface area contributed by atoms with E-state index in [1.54, 1.807) is 0 Å². The fourth-order valence-electron chi connectivity index (χ4n) is 3.07. The van der Waals surface area contributed by atoms with E-state index < -0.39 is 0 Å². The van der Waals surface area contributed by atoms with Crippen LogP contribution < -0.4 is 5.32 Å². The first-order valence-corrected chi connectivity index (χ1v) is 9.11. The van der Waals surface area contributed by atoms with E-state index in [2.05, 4.69) is 44.3 Å². The van der Waals surface area contributed by atoms with E-state index in [0.717, 1.165) is 35.5 Å². The maximum atomic E-state index is 12.2. The summed E-state index contributed by atoms with van der Waals surface area (Å²) in [7, 11) is 0. The molecule has 0 aliphatic rings. The first-order valence-electron chi connectivity index (χ1n) is 9.11. The fourth-order valence-corrected chi connectivity index (χ4v) is 3.07. The topological polar surface area (TPSA) is 98.0 Å². The average Bonchev–Trinajstić information content (AvgIpc) is 3.18. The van der Waals surface area contributed by atoms with Gasteiger partial charge in [0.05, 0.1) is 17.6 Å². The van der Waals surface area contributed by atoms with E-state index in [9.17, 15) is 4.79 Å². The predicted molar refractivity (Wildman–Crippen MR) is 105 cm³/mol. The number of carbonyl (C=O) groups is 1. The van der Waals surface area contributed by atoms with Crippen LogP contribution in [0.1, 0.15) is 35.7 Å². The number of nitrogens with one attached hydrogen (secondary N) is 1. The summed E-state index contributed by atoms with van der Waals surface area (Å²) in [5.41, 5.74) is 4.79. The lowest BCUT2D eigenvalue weighted by molar-refractivity contribution is 0.102. The largest absolute Gasteiger partial charge is 0.321 e. The van der Waals surface area contributed by atoms with E-state index in [-0.39, 0.29) is 11.6 Å². The molecule has 8 heteroatoms. The van der Waals surface area contributed by atoms with Gasteiger partial charge in [0, 0.05) is 35.5 Å². The Balaban J connectivity index is 1.59. The number of anilines is 1. The van der Waals surface area contributed by atoms with Gasteiger partial charge in [0.15, 0.2) is 0 Å². The SMILES string of the molecule is CCc1nnc2nc(-c3ccc(NC(=O)c4cnccn4)cc3)cn2c1CC. The van der Waals surface area contributed by atoms with E-state index in [4.69, 9.17) is 0 Å². The second kappa shape index (κ2) is 7.51. The standard InChI is InChI=1S/C20H19N7O/c1-3-15-18(4-2)27-12-17(24-20(27)26-25-15)13-5-7-14(8-6-13)23-19(28)16-11-21-9-10-22-16/h5-12H,3-4H2,1-2H3,(H,23,28). The number of amides is 1. The molecule has 3 heterocycles. The lowest BCUT2D eigenvalue weighted by atomic mass is 10.1. The number of fused-ring (bicyclic) bond motifs is 1. The van der Waals surface area contributed by atoms with E-state index in [1.807, 2.05) is 34.9 Å². The van der Waals surface area contributed by atoms with Crippen molar-refractivity contribution in [3.8, 4) is 11.3 Å². The summed E-state index contributed by atoms with van der Waals surface area (Å²) in [6.45, 7) is 4.17. The summed E-state index contributed by atoms with van der Waals surface area (Å²) in [5.74, 6) is 0.285. The molecule has 0 saturated carbocycles. The van der Waals surface area contributed by atoms with Gasteiger partial charge >= 0.3 is 0 Å². The van der Waals surface area contributed by atoms with Crippen LogP contribution in [-0.2, 0) is 12.8 Å². The molecule has 0 saturated heterocycles. The van der Waals surface area contributed by atoms with Crippen molar-refractivity contribution in [1.82, 2.24) is 29.5 Å². The maximum absolute atomic E-state index is 12.2. The third kappa shape index (κ3) is 3.32. The number of hydrogen-bond donors (Lipinski definition) is 1. The summed E-state index contributed by atoms with van der Waals surface area (Å²) in [4.78, 5) is 24.7. The van der Waals surface area contributed by atoms with Crippen LogP contribution in [0.4, 0.5) is 5.69 Å². The molecule has 0 spiro atoms. The highest BCUT2D eigenvalue weighted by molar-refractivity contribution is 6.02. The van der Waals surface area contributed by atoms with Gasteiger partial charge in [0.1, 0.15) is 5.69 Å². The Morgan fingerprint density at radius 1 is 1.07 bits per heavy atom. The van der Waals surface area contributed by atoms with Gasteiger partial charge in [-0.2, -0.15) is 5.10 Å². The lowest BCUT2D eigenvalue weighted by Crippen LogP contribution is -2.13. The fraction of sp³-hybridized carbons (Fsp3) is 0.200. The van der Waals surface area contributed by atoms with Crippen LogP contribution in [0.25, 0.3) is 17.0 Å². The van der Waals surface area contributed by atoms with E-state index in [0.29, 0.717) is 11.5 Å². The molecule has 0 radical (unpaired) electrons. The summed E-state index contributed by atoms with van der Waals surface area (Å²) in [6, 6.07) is 7.48. The Morgan fingerprint density at radius 2 is 1.89 bits per heavy atom. The molecule has 140 valence electrons. The zero-order chi connectivity index (χ0) is 19.5. The number of carbonyl (C=O) groups excluding carboxylic acids is 1. The summed E-state index contributed by atoms with van der Waals surface area (Å²) < 4.78 is 2.00. The quantitative estimate of drug-likeness (QED) is 0.577. The molecule has 0 fully saturated rings. The number of hydrogen-bond acceptors (Lipinski definition) is 6. The molecule has 1 amide bonds. The minimum absolute atomic E-state index is 0.268. The van der Waals surface area contributed by atoms with Crippen molar-refractivity contribution in [1.29, 1.82) is 0 Å². The highest BCUT2D eigenvalue weighted by atomic mass is 16.1. The van der Waals surface area contributed by atoms with Crippen LogP contribution in [-0.4, -0.2) is 35.5 Å². The molecule has 8 nitrogen and oxygen atoms in total.